The number of anilines is 1. The van der Waals surface area contributed by atoms with E-state index in [-0.39, 0.29) is 0 Å². The van der Waals surface area contributed by atoms with Gasteiger partial charge >= 0.3 is 0 Å². The molecule has 2 N–H and O–H groups in total. The molecule has 0 aliphatic carbocycles. The summed E-state index contributed by atoms with van der Waals surface area (Å²) in [6.45, 7) is 1.25. The van der Waals surface area contributed by atoms with Gasteiger partial charge in [0, 0.05) is 24.7 Å². The lowest BCUT2D eigenvalue weighted by atomic mass is 10.2. The summed E-state index contributed by atoms with van der Waals surface area (Å²) in [6.07, 6.45) is 5.86. The molecular formula is C8H15N3OS. The van der Waals surface area contributed by atoms with Gasteiger partial charge in [0.2, 0.25) is 5.13 Å². The minimum atomic E-state index is 0.309. The molecule has 4 nitrogen and oxygen atoms in total. The lowest BCUT2D eigenvalue weighted by Crippen LogP contribution is -2.00. The van der Waals surface area contributed by atoms with Gasteiger partial charge in [-0.1, -0.05) is 12.8 Å². The van der Waals surface area contributed by atoms with Gasteiger partial charge in [-0.05, 0) is 12.8 Å². The summed E-state index contributed by atoms with van der Waals surface area (Å²) in [5, 5.41) is 12.6. The van der Waals surface area contributed by atoms with Crippen LogP contribution in [0.25, 0.3) is 0 Å². The van der Waals surface area contributed by atoms with E-state index >= 15 is 0 Å². The van der Waals surface area contributed by atoms with Gasteiger partial charge in [-0.15, -0.1) is 0 Å². The predicted molar refractivity (Wildman–Crippen MR) is 54.0 cm³/mol. The monoisotopic (exact) mass is 201 g/mol. The average Bonchev–Trinajstić information content (AvgIpc) is 2.63. The number of nitrogens with zero attached hydrogens (tertiary/aromatic N) is 2. The zero-order valence-electron chi connectivity index (χ0n) is 7.57. The Labute approximate surface area is 82.2 Å². The number of nitrogens with one attached hydrogen (secondary N) is 1. The van der Waals surface area contributed by atoms with Crippen LogP contribution < -0.4 is 5.32 Å². The van der Waals surface area contributed by atoms with Crippen molar-refractivity contribution in [2.75, 3.05) is 18.5 Å². The number of aromatic nitrogens is 2. The second-order valence-electron chi connectivity index (χ2n) is 2.81. The fraction of sp³-hybridized carbons (Fsp3) is 0.750. The zero-order valence-corrected chi connectivity index (χ0v) is 8.39. The van der Waals surface area contributed by atoms with E-state index in [0.29, 0.717) is 6.61 Å². The molecule has 0 aliphatic heterocycles. The van der Waals surface area contributed by atoms with Gasteiger partial charge in [-0.2, -0.15) is 4.37 Å². The van der Waals surface area contributed by atoms with E-state index in [0.717, 1.165) is 37.4 Å². The number of unbranched alkanes of at least 4 members (excludes halogenated alkanes) is 3. The molecule has 0 bridgehead atoms. The van der Waals surface area contributed by atoms with Crippen LogP contribution in [0.3, 0.4) is 0 Å². The molecule has 0 saturated heterocycles. The van der Waals surface area contributed by atoms with Crippen molar-refractivity contribution >= 4 is 16.7 Å². The molecule has 0 unspecified atom stereocenters. The van der Waals surface area contributed by atoms with Crippen molar-refractivity contribution in [3.63, 3.8) is 0 Å². The smallest absolute Gasteiger partial charge is 0.202 e. The third-order valence-electron chi connectivity index (χ3n) is 1.72. The first kappa shape index (κ1) is 10.4. The van der Waals surface area contributed by atoms with E-state index in [1.54, 1.807) is 6.33 Å². The van der Waals surface area contributed by atoms with Crippen molar-refractivity contribution in [2.45, 2.75) is 25.7 Å². The molecular weight excluding hydrogens is 186 g/mol. The third-order valence-corrected chi connectivity index (χ3v) is 2.34. The van der Waals surface area contributed by atoms with Crippen molar-refractivity contribution in [1.82, 2.24) is 9.36 Å². The van der Waals surface area contributed by atoms with Crippen molar-refractivity contribution < 1.29 is 5.11 Å². The van der Waals surface area contributed by atoms with Gasteiger partial charge in [0.15, 0.2) is 0 Å². The van der Waals surface area contributed by atoms with Gasteiger partial charge < -0.3 is 10.4 Å². The highest BCUT2D eigenvalue weighted by Gasteiger charge is 1.93. The summed E-state index contributed by atoms with van der Waals surface area (Å²) >= 11 is 1.38. The predicted octanol–water partition coefficient (Wildman–Crippen LogP) is 1.50. The van der Waals surface area contributed by atoms with Crippen molar-refractivity contribution in [2.24, 2.45) is 0 Å². The fourth-order valence-corrected chi connectivity index (χ4v) is 1.49. The van der Waals surface area contributed by atoms with Crippen LogP contribution in [-0.4, -0.2) is 27.6 Å². The molecule has 74 valence electrons. The maximum absolute atomic E-state index is 8.54. The molecule has 13 heavy (non-hydrogen) atoms. The Morgan fingerprint density at radius 3 is 2.85 bits per heavy atom. The van der Waals surface area contributed by atoms with Crippen LogP contribution in [0.1, 0.15) is 25.7 Å². The zero-order chi connectivity index (χ0) is 9.36. The Morgan fingerprint density at radius 2 is 2.15 bits per heavy atom. The van der Waals surface area contributed by atoms with E-state index in [4.69, 9.17) is 5.11 Å². The van der Waals surface area contributed by atoms with Crippen molar-refractivity contribution in [1.29, 1.82) is 0 Å². The highest BCUT2D eigenvalue weighted by atomic mass is 32.1. The second kappa shape index (κ2) is 6.80. The SMILES string of the molecule is OCCCCCCNc1ncns1. The summed E-state index contributed by atoms with van der Waals surface area (Å²) in [7, 11) is 0. The normalized spacial score (nSPS) is 10.2. The molecule has 1 aromatic rings. The van der Waals surface area contributed by atoms with Crippen LogP contribution in [0.15, 0.2) is 6.33 Å². The number of hydrogen-bond donors (Lipinski definition) is 2. The first-order valence-corrected chi connectivity index (χ1v) is 5.32. The summed E-state index contributed by atoms with van der Waals surface area (Å²) in [5.41, 5.74) is 0. The number of rotatable bonds is 7. The summed E-state index contributed by atoms with van der Waals surface area (Å²) in [6, 6.07) is 0. The lowest BCUT2D eigenvalue weighted by Gasteiger charge is -2.00. The van der Waals surface area contributed by atoms with E-state index in [9.17, 15) is 0 Å². The Kier molecular flexibility index (Phi) is 5.44. The minimum Gasteiger partial charge on any atom is -0.396 e. The van der Waals surface area contributed by atoms with E-state index in [1.165, 1.54) is 11.5 Å². The first-order valence-electron chi connectivity index (χ1n) is 4.55. The standard InChI is InChI=1S/C8H15N3OS/c12-6-4-2-1-3-5-9-8-10-7-11-13-8/h7,12H,1-6H2,(H,9,10,11). The maximum atomic E-state index is 8.54. The molecule has 5 heteroatoms. The van der Waals surface area contributed by atoms with Crippen LogP contribution in [-0.2, 0) is 0 Å². The van der Waals surface area contributed by atoms with E-state index in [1.807, 2.05) is 0 Å². The van der Waals surface area contributed by atoms with Crippen LogP contribution >= 0.6 is 11.5 Å². The van der Waals surface area contributed by atoms with E-state index < -0.39 is 0 Å². The van der Waals surface area contributed by atoms with Crippen molar-refractivity contribution in [3.8, 4) is 0 Å². The van der Waals surface area contributed by atoms with Crippen LogP contribution in [0.2, 0.25) is 0 Å². The van der Waals surface area contributed by atoms with Gasteiger partial charge in [0.1, 0.15) is 6.33 Å². The molecule has 0 fully saturated rings. The molecule has 0 atom stereocenters. The molecule has 0 saturated carbocycles. The topological polar surface area (TPSA) is 58.0 Å². The van der Waals surface area contributed by atoms with Crippen LogP contribution in [0, 0.1) is 0 Å². The Hall–Kier alpha value is -0.680. The molecule has 0 spiro atoms. The average molecular weight is 201 g/mol. The van der Waals surface area contributed by atoms with Gasteiger partial charge in [-0.3, -0.25) is 0 Å². The lowest BCUT2D eigenvalue weighted by molar-refractivity contribution is 0.283. The quantitative estimate of drug-likeness (QED) is 0.656. The largest absolute Gasteiger partial charge is 0.396 e. The molecule has 1 heterocycles. The maximum Gasteiger partial charge on any atom is 0.202 e. The Bertz CT molecular complexity index is 203. The first-order chi connectivity index (χ1) is 6.43. The van der Waals surface area contributed by atoms with Gasteiger partial charge in [0.25, 0.3) is 0 Å². The summed E-state index contributed by atoms with van der Waals surface area (Å²) in [4.78, 5) is 4.01. The van der Waals surface area contributed by atoms with Gasteiger partial charge in [-0.25, -0.2) is 4.98 Å². The molecule has 1 aromatic heterocycles. The highest BCUT2D eigenvalue weighted by Crippen LogP contribution is 2.07. The summed E-state index contributed by atoms with van der Waals surface area (Å²) < 4.78 is 3.89. The number of hydrogen-bond acceptors (Lipinski definition) is 5. The van der Waals surface area contributed by atoms with Crippen LogP contribution in [0.4, 0.5) is 5.13 Å². The second-order valence-corrected chi connectivity index (χ2v) is 3.59. The molecule has 1 rings (SSSR count). The highest BCUT2D eigenvalue weighted by molar-refractivity contribution is 7.09. The molecule has 0 amide bonds. The Balaban J connectivity index is 1.90. The summed E-state index contributed by atoms with van der Waals surface area (Å²) in [5.74, 6) is 0. The molecule has 0 aromatic carbocycles. The number of aliphatic hydroxyl groups excluding tert-OH is 1. The number of aliphatic hydroxyl groups is 1. The van der Waals surface area contributed by atoms with Crippen molar-refractivity contribution in [3.05, 3.63) is 6.33 Å². The Morgan fingerprint density at radius 1 is 1.31 bits per heavy atom. The van der Waals surface area contributed by atoms with Crippen LogP contribution in [0.5, 0.6) is 0 Å². The molecule has 0 aliphatic rings. The van der Waals surface area contributed by atoms with Gasteiger partial charge in [0.05, 0.1) is 0 Å². The fourth-order valence-electron chi connectivity index (χ4n) is 1.04. The van der Waals surface area contributed by atoms with E-state index in [2.05, 4.69) is 14.7 Å². The third kappa shape index (κ3) is 4.80. The minimum absolute atomic E-state index is 0.309. The molecule has 0 radical (unpaired) electrons.